The summed E-state index contributed by atoms with van der Waals surface area (Å²) in [5, 5.41) is 9.25. The van der Waals surface area contributed by atoms with Crippen molar-refractivity contribution in [2.75, 3.05) is 0 Å². The molecule has 2 atom stereocenters. The van der Waals surface area contributed by atoms with Crippen LogP contribution in [-0.4, -0.2) is 16.6 Å². The third-order valence-corrected chi connectivity index (χ3v) is 1.88. The largest absolute Gasteiger partial charge is 0.393 e. The first kappa shape index (κ1) is 10.2. The minimum Gasteiger partial charge on any atom is -0.393 e. The average molecular weight is 164 g/mol. The third-order valence-electron chi connectivity index (χ3n) is 1.48. The zero-order valence-electron chi connectivity index (χ0n) is 6.68. The van der Waals surface area contributed by atoms with Crippen LogP contribution in [0.4, 0.5) is 0 Å². The molecule has 2 heteroatoms. The van der Waals surface area contributed by atoms with Gasteiger partial charge in [-0.2, -0.15) is 0 Å². The van der Waals surface area contributed by atoms with E-state index in [4.69, 9.17) is 16.7 Å². The van der Waals surface area contributed by atoms with E-state index >= 15 is 0 Å². The highest BCUT2D eigenvalue weighted by molar-refractivity contribution is 6.20. The van der Waals surface area contributed by atoms with Gasteiger partial charge in [0.1, 0.15) is 0 Å². The second-order valence-electron chi connectivity index (χ2n) is 2.52. The van der Waals surface area contributed by atoms with Crippen LogP contribution in [-0.2, 0) is 0 Å². The van der Waals surface area contributed by atoms with Crippen molar-refractivity contribution >= 4 is 11.6 Å². The molecule has 0 rings (SSSR count). The van der Waals surface area contributed by atoms with Crippen molar-refractivity contribution in [1.29, 1.82) is 0 Å². The minimum atomic E-state index is -0.325. The SMILES string of the molecule is C[CH]C(O)CC(Cl)CCC. The van der Waals surface area contributed by atoms with Crippen molar-refractivity contribution in [2.24, 2.45) is 0 Å². The first-order valence-electron chi connectivity index (χ1n) is 3.82. The number of hydrogen-bond acceptors (Lipinski definition) is 1. The highest BCUT2D eigenvalue weighted by Crippen LogP contribution is 2.12. The van der Waals surface area contributed by atoms with Gasteiger partial charge in [0.25, 0.3) is 0 Å². The van der Waals surface area contributed by atoms with E-state index in [1.54, 1.807) is 6.42 Å². The van der Waals surface area contributed by atoms with Crippen LogP contribution in [0.5, 0.6) is 0 Å². The van der Waals surface area contributed by atoms with Crippen molar-refractivity contribution in [2.45, 2.75) is 44.6 Å². The Morgan fingerprint density at radius 3 is 2.60 bits per heavy atom. The molecule has 1 radical (unpaired) electrons. The number of alkyl halides is 1. The van der Waals surface area contributed by atoms with Gasteiger partial charge in [0.15, 0.2) is 0 Å². The average Bonchev–Trinajstić information content (AvgIpc) is 1.88. The molecule has 0 amide bonds. The van der Waals surface area contributed by atoms with Crippen LogP contribution in [0.1, 0.15) is 33.1 Å². The van der Waals surface area contributed by atoms with Crippen molar-refractivity contribution in [3.8, 4) is 0 Å². The Kier molecular flexibility index (Phi) is 6.14. The minimum absolute atomic E-state index is 0.135. The lowest BCUT2D eigenvalue weighted by Crippen LogP contribution is -2.12. The summed E-state index contributed by atoms with van der Waals surface area (Å²) in [6.45, 7) is 3.94. The second-order valence-corrected chi connectivity index (χ2v) is 3.14. The molecule has 1 nitrogen and oxygen atoms in total. The van der Waals surface area contributed by atoms with E-state index in [1.165, 1.54) is 0 Å². The molecular weight excluding hydrogens is 148 g/mol. The fourth-order valence-electron chi connectivity index (χ4n) is 0.829. The zero-order chi connectivity index (χ0) is 7.98. The van der Waals surface area contributed by atoms with E-state index in [0.29, 0.717) is 6.42 Å². The molecule has 2 unspecified atom stereocenters. The summed E-state index contributed by atoms with van der Waals surface area (Å²) >= 11 is 5.87. The molecule has 0 aliphatic carbocycles. The molecule has 61 valence electrons. The maximum absolute atomic E-state index is 9.11. The first-order chi connectivity index (χ1) is 4.70. The van der Waals surface area contributed by atoms with Crippen LogP contribution >= 0.6 is 11.6 Å². The topological polar surface area (TPSA) is 20.2 Å². The number of hydrogen-bond donors (Lipinski definition) is 1. The Morgan fingerprint density at radius 2 is 2.20 bits per heavy atom. The molecule has 0 heterocycles. The Bertz CT molecular complexity index is 75.7. The molecule has 0 aliphatic rings. The molecule has 0 aromatic carbocycles. The maximum atomic E-state index is 9.11. The molecular formula is C8H16ClO. The zero-order valence-corrected chi connectivity index (χ0v) is 7.43. The van der Waals surface area contributed by atoms with Gasteiger partial charge in [0, 0.05) is 5.38 Å². The molecule has 0 aromatic heterocycles. The summed E-state index contributed by atoms with van der Waals surface area (Å²) in [7, 11) is 0. The van der Waals surface area contributed by atoms with Crippen LogP contribution < -0.4 is 0 Å². The highest BCUT2D eigenvalue weighted by Gasteiger charge is 2.08. The molecule has 10 heavy (non-hydrogen) atoms. The van der Waals surface area contributed by atoms with Gasteiger partial charge in [-0.15, -0.1) is 11.6 Å². The standard InChI is InChI=1S/C8H16ClO/c1-3-5-7(9)6-8(10)4-2/h4,7-8,10H,3,5-6H2,1-2H3. The summed E-state index contributed by atoms with van der Waals surface area (Å²) in [6.07, 6.45) is 4.21. The van der Waals surface area contributed by atoms with Crippen LogP contribution in [0.25, 0.3) is 0 Å². The Balaban J connectivity index is 3.27. The predicted octanol–water partition coefficient (Wildman–Crippen LogP) is 2.37. The maximum Gasteiger partial charge on any atom is 0.0583 e. The van der Waals surface area contributed by atoms with Gasteiger partial charge in [-0.1, -0.05) is 20.3 Å². The van der Waals surface area contributed by atoms with E-state index in [1.807, 2.05) is 6.92 Å². The monoisotopic (exact) mass is 163 g/mol. The summed E-state index contributed by atoms with van der Waals surface area (Å²) in [6, 6.07) is 0. The van der Waals surface area contributed by atoms with Crippen LogP contribution in [0, 0.1) is 6.42 Å². The highest BCUT2D eigenvalue weighted by atomic mass is 35.5. The second kappa shape index (κ2) is 5.99. The lowest BCUT2D eigenvalue weighted by Gasteiger charge is -2.11. The van der Waals surface area contributed by atoms with Gasteiger partial charge >= 0.3 is 0 Å². The number of aliphatic hydroxyl groups excluding tert-OH is 1. The fourth-order valence-corrected chi connectivity index (χ4v) is 1.23. The molecule has 0 saturated carbocycles. The van der Waals surface area contributed by atoms with Crippen LogP contribution in [0.2, 0.25) is 0 Å². The number of aliphatic hydroxyl groups is 1. The smallest absolute Gasteiger partial charge is 0.0583 e. The van der Waals surface area contributed by atoms with Crippen molar-refractivity contribution in [1.82, 2.24) is 0 Å². The molecule has 0 aliphatic heterocycles. The molecule has 0 bridgehead atoms. The van der Waals surface area contributed by atoms with E-state index < -0.39 is 0 Å². The number of rotatable bonds is 5. The normalized spacial score (nSPS) is 16.8. The molecule has 0 aromatic rings. The Hall–Kier alpha value is 0.250. The quantitative estimate of drug-likeness (QED) is 0.617. The van der Waals surface area contributed by atoms with E-state index in [9.17, 15) is 0 Å². The van der Waals surface area contributed by atoms with Gasteiger partial charge < -0.3 is 5.11 Å². The summed E-state index contributed by atoms with van der Waals surface area (Å²) < 4.78 is 0. The van der Waals surface area contributed by atoms with Crippen molar-refractivity contribution in [3.05, 3.63) is 6.42 Å². The first-order valence-corrected chi connectivity index (χ1v) is 4.26. The third kappa shape index (κ3) is 5.07. The van der Waals surface area contributed by atoms with E-state index in [0.717, 1.165) is 12.8 Å². The molecule has 1 N–H and O–H groups in total. The van der Waals surface area contributed by atoms with E-state index in [2.05, 4.69) is 6.92 Å². The molecule has 0 spiro atoms. The molecule has 0 saturated heterocycles. The lowest BCUT2D eigenvalue weighted by molar-refractivity contribution is 0.194. The summed E-state index contributed by atoms with van der Waals surface area (Å²) in [4.78, 5) is 0. The van der Waals surface area contributed by atoms with Gasteiger partial charge in [-0.25, -0.2) is 0 Å². The fraction of sp³-hybridized carbons (Fsp3) is 0.875. The summed E-state index contributed by atoms with van der Waals surface area (Å²) in [5.41, 5.74) is 0. The molecule has 0 fully saturated rings. The lowest BCUT2D eigenvalue weighted by atomic mass is 10.1. The van der Waals surface area contributed by atoms with Gasteiger partial charge in [0.2, 0.25) is 0 Å². The Morgan fingerprint density at radius 1 is 1.60 bits per heavy atom. The van der Waals surface area contributed by atoms with Crippen LogP contribution in [0.3, 0.4) is 0 Å². The summed E-state index contributed by atoms with van der Waals surface area (Å²) in [5.74, 6) is 0. The number of halogens is 1. The van der Waals surface area contributed by atoms with Crippen molar-refractivity contribution in [3.63, 3.8) is 0 Å². The van der Waals surface area contributed by atoms with Gasteiger partial charge in [0.05, 0.1) is 6.10 Å². The Labute approximate surface area is 68.4 Å². The van der Waals surface area contributed by atoms with Crippen molar-refractivity contribution < 1.29 is 5.11 Å². The predicted molar refractivity (Wildman–Crippen MR) is 45.1 cm³/mol. The van der Waals surface area contributed by atoms with Crippen LogP contribution in [0.15, 0.2) is 0 Å². The van der Waals surface area contributed by atoms with Gasteiger partial charge in [-0.05, 0) is 19.3 Å². The van der Waals surface area contributed by atoms with E-state index in [-0.39, 0.29) is 11.5 Å². The van der Waals surface area contributed by atoms with Gasteiger partial charge in [-0.3, -0.25) is 0 Å².